The van der Waals surface area contributed by atoms with Crippen molar-refractivity contribution in [3.8, 4) is 0 Å². The van der Waals surface area contributed by atoms with E-state index < -0.39 is 0 Å². The van der Waals surface area contributed by atoms with Crippen LogP contribution in [0.3, 0.4) is 0 Å². The van der Waals surface area contributed by atoms with Crippen molar-refractivity contribution in [2.45, 2.75) is 19.4 Å². The fourth-order valence-corrected chi connectivity index (χ4v) is 4.55. The molecule has 1 unspecified atom stereocenters. The monoisotopic (exact) mass is 373 g/mol. The number of rotatable bonds is 2. The fourth-order valence-electron chi connectivity index (χ4n) is 4.55. The van der Waals surface area contributed by atoms with Gasteiger partial charge in [-0.25, -0.2) is 0 Å². The Kier molecular flexibility index (Phi) is 3.97. The summed E-state index contributed by atoms with van der Waals surface area (Å²) < 4.78 is 2.11. The summed E-state index contributed by atoms with van der Waals surface area (Å²) in [6, 6.07) is 16.4. The molecule has 1 saturated heterocycles. The lowest BCUT2D eigenvalue weighted by molar-refractivity contribution is 0.0745. The zero-order valence-electron chi connectivity index (χ0n) is 16.0. The molecule has 142 valence electrons. The number of carbonyl (C=O) groups excluding carboxylic acids is 1. The zero-order chi connectivity index (χ0) is 19.3. The smallest absolute Gasteiger partial charge is 0.259 e. The molecule has 0 aliphatic carbocycles. The first-order valence-electron chi connectivity index (χ1n) is 9.89. The summed E-state index contributed by atoms with van der Waals surface area (Å²) in [6.45, 7) is 4.94. The molecule has 0 radical (unpaired) electrons. The maximum atomic E-state index is 13.2. The summed E-state index contributed by atoms with van der Waals surface area (Å²) >= 11 is 0. The number of benzene rings is 2. The number of para-hydroxylation sites is 2. The minimum atomic E-state index is -0.145. The molecule has 2 aliphatic rings. The van der Waals surface area contributed by atoms with Crippen LogP contribution >= 0.6 is 0 Å². The standard InChI is InChI=1S/C23H23N3O2/c1-16-14-17-6-5-9-19-21(17)26(16)15-20(22(19)27)23(28)25-12-10-24(11-13-25)18-7-3-2-4-8-18/h2-9,15-16H,10-14H2,1H3. The maximum Gasteiger partial charge on any atom is 0.259 e. The minimum Gasteiger partial charge on any atom is -0.368 e. The number of amides is 1. The molecule has 5 rings (SSSR count). The Morgan fingerprint density at radius 1 is 0.964 bits per heavy atom. The molecular formula is C23H23N3O2. The summed E-state index contributed by atoms with van der Waals surface area (Å²) in [4.78, 5) is 30.4. The van der Waals surface area contributed by atoms with Crippen LogP contribution in [0, 0.1) is 0 Å². The van der Waals surface area contributed by atoms with E-state index in [0.717, 1.165) is 25.0 Å². The molecule has 5 heteroatoms. The van der Waals surface area contributed by atoms with Crippen molar-refractivity contribution < 1.29 is 4.79 Å². The molecule has 0 bridgehead atoms. The number of pyridine rings is 1. The highest BCUT2D eigenvalue weighted by Crippen LogP contribution is 2.31. The van der Waals surface area contributed by atoms with Crippen molar-refractivity contribution in [2.24, 2.45) is 0 Å². The first-order valence-corrected chi connectivity index (χ1v) is 9.89. The van der Waals surface area contributed by atoms with Gasteiger partial charge in [-0.2, -0.15) is 0 Å². The average molecular weight is 373 g/mol. The van der Waals surface area contributed by atoms with E-state index in [1.165, 1.54) is 11.3 Å². The van der Waals surface area contributed by atoms with E-state index in [-0.39, 0.29) is 17.4 Å². The van der Waals surface area contributed by atoms with Gasteiger partial charge < -0.3 is 14.4 Å². The summed E-state index contributed by atoms with van der Waals surface area (Å²) in [6.07, 6.45) is 2.70. The molecule has 1 atom stereocenters. The lowest BCUT2D eigenvalue weighted by atomic mass is 10.1. The van der Waals surface area contributed by atoms with Crippen LogP contribution < -0.4 is 10.3 Å². The van der Waals surface area contributed by atoms with Gasteiger partial charge in [0.05, 0.1) is 5.52 Å². The van der Waals surface area contributed by atoms with Gasteiger partial charge in [-0.05, 0) is 37.1 Å². The number of hydrogen-bond donors (Lipinski definition) is 0. The van der Waals surface area contributed by atoms with Crippen molar-refractivity contribution in [1.29, 1.82) is 0 Å². The van der Waals surface area contributed by atoms with Gasteiger partial charge in [0.1, 0.15) is 5.56 Å². The predicted molar refractivity (Wildman–Crippen MR) is 111 cm³/mol. The molecule has 0 spiro atoms. The Balaban J connectivity index is 1.44. The SMILES string of the molecule is CC1Cc2cccc3c(=O)c(C(=O)N4CCN(c5ccccc5)CC4)cn1c23. The molecule has 0 N–H and O–H groups in total. The van der Waals surface area contributed by atoms with Crippen molar-refractivity contribution in [3.05, 3.63) is 76.1 Å². The molecule has 3 heterocycles. The molecule has 2 aromatic carbocycles. The summed E-state index contributed by atoms with van der Waals surface area (Å²) in [5.74, 6) is -0.145. The van der Waals surface area contributed by atoms with Gasteiger partial charge in [-0.1, -0.05) is 30.3 Å². The van der Waals surface area contributed by atoms with E-state index in [4.69, 9.17) is 0 Å². The van der Waals surface area contributed by atoms with Gasteiger partial charge >= 0.3 is 0 Å². The van der Waals surface area contributed by atoms with Crippen molar-refractivity contribution in [1.82, 2.24) is 9.47 Å². The van der Waals surface area contributed by atoms with Gasteiger partial charge in [0.25, 0.3) is 5.91 Å². The third kappa shape index (κ3) is 2.61. The topological polar surface area (TPSA) is 45.6 Å². The minimum absolute atomic E-state index is 0.141. The lowest BCUT2D eigenvalue weighted by Crippen LogP contribution is -2.49. The molecule has 1 aromatic heterocycles. The van der Waals surface area contributed by atoms with E-state index in [2.05, 4.69) is 34.6 Å². The van der Waals surface area contributed by atoms with Crippen LogP contribution in [-0.4, -0.2) is 41.6 Å². The lowest BCUT2D eigenvalue weighted by Gasteiger charge is -2.36. The molecule has 2 aliphatic heterocycles. The fraction of sp³-hybridized carbons (Fsp3) is 0.304. The van der Waals surface area contributed by atoms with Crippen LogP contribution in [0.25, 0.3) is 10.9 Å². The number of aromatic nitrogens is 1. The largest absolute Gasteiger partial charge is 0.368 e. The highest BCUT2D eigenvalue weighted by molar-refractivity contribution is 5.98. The molecule has 3 aromatic rings. The molecular weight excluding hydrogens is 350 g/mol. The quantitative estimate of drug-likeness (QED) is 0.694. The number of anilines is 1. The van der Waals surface area contributed by atoms with Crippen LogP contribution in [-0.2, 0) is 6.42 Å². The first-order chi connectivity index (χ1) is 13.6. The van der Waals surface area contributed by atoms with Crippen LogP contribution in [0.15, 0.2) is 59.5 Å². The Labute approximate surface area is 163 Å². The molecule has 28 heavy (non-hydrogen) atoms. The van der Waals surface area contributed by atoms with E-state index >= 15 is 0 Å². The molecule has 1 fully saturated rings. The van der Waals surface area contributed by atoms with Crippen molar-refractivity contribution in [3.63, 3.8) is 0 Å². The van der Waals surface area contributed by atoms with Gasteiger partial charge in [0.15, 0.2) is 0 Å². The summed E-state index contributed by atoms with van der Waals surface area (Å²) in [5, 5.41) is 0.663. The van der Waals surface area contributed by atoms with Crippen molar-refractivity contribution in [2.75, 3.05) is 31.1 Å². The molecule has 1 amide bonds. The Bertz CT molecular complexity index is 1110. The Morgan fingerprint density at radius 3 is 2.46 bits per heavy atom. The predicted octanol–water partition coefficient (Wildman–Crippen LogP) is 3.08. The summed E-state index contributed by atoms with van der Waals surface area (Å²) in [7, 11) is 0. The number of carbonyl (C=O) groups is 1. The third-order valence-electron chi connectivity index (χ3n) is 6.04. The zero-order valence-corrected chi connectivity index (χ0v) is 16.0. The Hall–Kier alpha value is -3.08. The van der Waals surface area contributed by atoms with Gasteiger partial charge in [-0.3, -0.25) is 9.59 Å². The van der Waals surface area contributed by atoms with Gasteiger partial charge in [0, 0.05) is 49.5 Å². The Morgan fingerprint density at radius 2 is 1.71 bits per heavy atom. The number of nitrogens with zero attached hydrogens (tertiary/aromatic N) is 3. The maximum absolute atomic E-state index is 13.2. The third-order valence-corrected chi connectivity index (χ3v) is 6.04. The second-order valence-electron chi connectivity index (χ2n) is 7.76. The van der Waals surface area contributed by atoms with Crippen LogP contribution in [0.2, 0.25) is 0 Å². The number of piperazine rings is 1. The van der Waals surface area contributed by atoms with E-state index in [1.54, 1.807) is 6.20 Å². The second-order valence-corrected chi connectivity index (χ2v) is 7.76. The number of hydrogen-bond acceptors (Lipinski definition) is 3. The van der Waals surface area contributed by atoms with Crippen LogP contribution in [0.1, 0.15) is 28.9 Å². The highest BCUT2D eigenvalue weighted by Gasteiger charge is 2.28. The van der Waals surface area contributed by atoms with Crippen LogP contribution in [0.5, 0.6) is 0 Å². The van der Waals surface area contributed by atoms with E-state index in [9.17, 15) is 9.59 Å². The summed E-state index contributed by atoms with van der Waals surface area (Å²) in [5.41, 5.74) is 3.52. The van der Waals surface area contributed by atoms with E-state index in [0.29, 0.717) is 24.0 Å². The molecule has 5 nitrogen and oxygen atoms in total. The highest BCUT2D eigenvalue weighted by atomic mass is 16.2. The van der Waals surface area contributed by atoms with Gasteiger partial charge in [0.2, 0.25) is 5.43 Å². The average Bonchev–Trinajstić information content (AvgIpc) is 3.07. The first kappa shape index (κ1) is 17.0. The van der Waals surface area contributed by atoms with Gasteiger partial charge in [-0.15, -0.1) is 0 Å². The normalized spacial score (nSPS) is 18.7. The van der Waals surface area contributed by atoms with Crippen molar-refractivity contribution >= 4 is 22.5 Å². The van der Waals surface area contributed by atoms with Crippen LogP contribution in [0.4, 0.5) is 5.69 Å². The van der Waals surface area contributed by atoms with E-state index in [1.807, 2.05) is 35.2 Å². The molecule has 0 saturated carbocycles. The second kappa shape index (κ2) is 6.51.